The number of halogens is 3. The largest absolute Gasteiger partial charge is 0.496 e. The number of aromatic nitrogens is 3. The van der Waals surface area contributed by atoms with E-state index < -0.39 is 23.1 Å². The number of carbonyl (C=O) groups is 2. The minimum absolute atomic E-state index is 0.0490. The molecule has 0 aliphatic carbocycles. The molecular weight excluding hydrogens is 711 g/mol. The molecule has 0 spiro atoms. The van der Waals surface area contributed by atoms with Gasteiger partial charge < -0.3 is 19.0 Å². The highest BCUT2D eigenvalue weighted by molar-refractivity contribution is 6.11. The van der Waals surface area contributed by atoms with Crippen LogP contribution in [0.15, 0.2) is 125 Å². The van der Waals surface area contributed by atoms with E-state index in [4.69, 9.17) is 9.47 Å². The van der Waals surface area contributed by atoms with Crippen molar-refractivity contribution in [3.05, 3.63) is 181 Å². The highest BCUT2D eigenvalue weighted by Crippen LogP contribution is 2.28. The fourth-order valence-corrected chi connectivity index (χ4v) is 6.22. The third-order valence-electron chi connectivity index (χ3n) is 9.01. The zero-order valence-corrected chi connectivity index (χ0v) is 30.2. The number of ketones is 2. The summed E-state index contributed by atoms with van der Waals surface area (Å²) in [5.74, 6) is 0.544. The van der Waals surface area contributed by atoms with Crippen molar-refractivity contribution >= 4 is 33.4 Å². The van der Waals surface area contributed by atoms with Crippen LogP contribution < -0.4 is 20.3 Å². The smallest absolute Gasteiger partial charge is 0.433 e. The molecule has 9 nitrogen and oxygen atoms in total. The van der Waals surface area contributed by atoms with Crippen molar-refractivity contribution < 1.29 is 32.2 Å². The number of aryl methyl sites for hydroxylation is 2. The SMILES string of the molecule is COc1ccc(C(=O)c2c[nH]c3ccccc3c2=O)cc1C.COc1ccc(C(=O)c2cn(Cc3cccc(C(F)(F)F)n3)c3ccccc3c2=O)cc1C. The molecule has 1 N–H and O–H groups in total. The summed E-state index contributed by atoms with van der Waals surface area (Å²) in [5.41, 5.74) is 2.08. The molecule has 55 heavy (non-hydrogen) atoms. The number of hydrogen-bond acceptors (Lipinski definition) is 7. The number of H-pyrrole nitrogens is 1. The number of fused-ring (bicyclic) bond motifs is 2. The number of pyridine rings is 3. The summed E-state index contributed by atoms with van der Waals surface area (Å²) in [6, 6.07) is 27.4. The predicted octanol–water partition coefficient (Wildman–Crippen LogP) is 8.09. The molecular formula is C43H34F3N3O6. The average Bonchev–Trinajstić information content (AvgIpc) is 3.18. The van der Waals surface area contributed by atoms with Crippen LogP contribution in [0.5, 0.6) is 11.5 Å². The van der Waals surface area contributed by atoms with E-state index in [1.54, 1.807) is 91.4 Å². The molecule has 0 aliphatic heterocycles. The first kappa shape index (κ1) is 37.9. The van der Waals surface area contributed by atoms with E-state index in [0.717, 1.165) is 22.7 Å². The monoisotopic (exact) mass is 745 g/mol. The lowest BCUT2D eigenvalue weighted by Crippen LogP contribution is -2.20. The summed E-state index contributed by atoms with van der Waals surface area (Å²) in [4.78, 5) is 58.2. The van der Waals surface area contributed by atoms with Gasteiger partial charge in [-0.25, -0.2) is 4.98 Å². The highest BCUT2D eigenvalue weighted by Gasteiger charge is 2.32. The quantitative estimate of drug-likeness (QED) is 0.156. The maximum absolute atomic E-state index is 13.2. The molecule has 7 rings (SSSR count). The van der Waals surface area contributed by atoms with E-state index in [1.807, 2.05) is 19.1 Å². The fraction of sp³-hybridized carbons (Fsp3) is 0.140. The van der Waals surface area contributed by atoms with Crippen LogP contribution in [0.1, 0.15) is 54.4 Å². The topological polar surface area (TPSA) is 120 Å². The lowest BCUT2D eigenvalue weighted by Gasteiger charge is -2.14. The Morgan fingerprint density at radius 2 is 1.27 bits per heavy atom. The van der Waals surface area contributed by atoms with Gasteiger partial charge in [0.05, 0.1) is 43.1 Å². The first-order valence-electron chi connectivity index (χ1n) is 16.9. The van der Waals surface area contributed by atoms with Gasteiger partial charge in [-0.05, 0) is 97.8 Å². The Bertz CT molecular complexity index is 2720. The van der Waals surface area contributed by atoms with Gasteiger partial charge in [-0.15, -0.1) is 0 Å². The van der Waals surface area contributed by atoms with Crippen LogP contribution in [0.25, 0.3) is 21.8 Å². The van der Waals surface area contributed by atoms with Gasteiger partial charge in [0, 0.05) is 39.8 Å². The summed E-state index contributed by atoms with van der Waals surface area (Å²) in [6.45, 7) is 3.60. The number of nitrogens with zero attached hydrogens (tertiary/aromatic N) is 2. The van der Waals surface area contributed by atoms with Crippen molar-refractivity contribution in [3.63, 3.8) is 0 Å². The first-order chi connectivity index (χ1) is 26.3. The third kappa shape index (κ3) is 7.93. The maximum Gasteiger partial charge on any atom is 0.433 e. The van der Waals surface area contributed by atoms with Crippen molar-refractivity contribution in [2.45, 2.75) is 26.6 Å². The lowest BCUT2D eigenvalue weighted by atomic mass is 10.0. The van der Waals surface area contributed by atoms with E-state index in [0.29, 0.717) is 38.9 Å². The number of rotatable bonds is 8. The standard InChI is InChI=1S/C25H19F3N2O3.C18H15NO3/c1-15-12-16(10-11-21(15)33-2)23(31)19-14-30(20-8-4-3-7-18(20)24(19)32)13-17-6-5-9-22(29-17)25(26,27)28;1-11-9-12(7-8-16(11)22-2)17(20)14-10-19-15-6-4-3-5-13(15)18(14)21/h3-12,14H,13H2,1-2H3;3-10H,1-2H3,(H,19,21). The Morgan fingerprint density at radius 1 is 0.709 bits per heavy atom. The van der Waals surface area contributed by atoms with Crippen molar-refractivity contribution in [2.24, 2.45) is 0 Å². The highest BCUT2D eigenvalue weighted by atomic mass is 19.4. The maximum atomic E-state index is 13.2. The van der Waals surface area contributed by atoms with Gasteiger partial charge in [0.1, 0.15) is 17.2 Å². The molecule has 0 aliphatic rings. The Kier molecular flexibility index (Phi) is 10.8. The van der Waals surface area contributed by atoms with Crippen molar-refractivity contribution in [3.8, 4) is 11.5 Å². The fourth-order valence-electron chi connectivity index (χ4n) is 6.22. The second-order valence-corrected chi connectivity index (χ2v) is 12.6. The van der Waals surface area contributed by atoms with Gasteiger partial charge >= 0.3 is 6.18 Å². The van der Waals surface area contributed by atoms with Gasteiger partial charge in [-0.3, -0.25) is 19.2 Å². The normalized spacial score (nSPS) is 11.2. The minimum atomic E-state index is -4.57. The Morgan fingerprint density at radius 3 is 1.87 bits per heavy atom. The molecule has 0 radical (unpaired) electrons. The molecule has 0 atom stereocenters. The van der Waals surface area contributed by atoms with Crippen molar-refractivity contribution in [2.75, 3.05) is 14.2 Å². The molecule has 0 amide bonds. The Hall–Kier alpha value is -6.82. The van der Waals surface area contributed by atoms with E-state index in [1.165, 1.54) is 31.6 Å². The number of benzene rings is 4. The number of nitrogens with one attached hydrogen (secondary N) is 1. The van der Waals surface area contributed by atoms with Gasteiger partial charge in [-0.2, -0.15) is 13.2 Å². The number of methoxy groups -OCH3 is 2. The van der Waals surface area contributed by atoms with E-state index in [9.17, 15) is 32.3 Å². The second kappa shape index (κ2) is 15.7. The van der Waals surface area contributed by atoms with Crippen molar-refractivity contribution in [1.29, 1.82) is 0 Å². The van der Waals surface area contributed by atoms with E-state index >= 15 is 0 Å². The van der Waals surface area contributed by atoms with Gasteiger partial charge in [0.25, 0.3) is 0 Å². The molecule has 0 saturated heterocycles. The molecule has 12 heteroatoms. The lowest BCUT2D eigenvalue weighted by molar-refractivity contribution is -0.141. The van der Waals surface area contributed by atoms with Gasteiger partial charge in [-0.1, -0.05) is 30.3 Å². The zero-order chi connectivity index (χ0) is 39.4. The van der Waals surface area contributed by atoms with Crippen LogP contribution in [-0.4, -0.2) is 40.3 Å². The van der Waals surface area contributed by atoms with Gasteiger partial charge in [0.15, 0.2) is 11.6 Å². The molecule has 0 unspecified atom stereocenters. The molecule has 4 aromatic carbocycles. The summed E-state index contributed by atoms with van der Waals surface area (Å²) in [7, 11) is 3.10. The van der Waals surface area contributed by atoms with E-state index in [2.05, 4.69) is 9.97 Å². The number of hydrogen-bond donors (Lipinski definition) is 1. The summed E-state index contributed by atoms with van der Waals surface area (Å²) >= 11 is 0. The molecule has 0 bridgehead atoms. The molecule has 0 saturated carbocycles. The van der Waals surface area contributed by atoms with Gasteiger partial charge in [0.2, 0.25) is 10.9 Å². The molecule has 7 aromatic rings. The summed E-state index contributed by atoms with van der Waals surface area (Å²) < 4.78 is 51.3. The van der Waals surface area contributed by atoms with Crippen LogP contribution in [0, 0.1) is 13.8 Å². The molecule has 0 fully saturated rings. The van der Waals surface area contributed by atoms with Crippen molar-refractivity contribution in [1.82, 2.24) is 14.5 Å². The molecule has 278 valence electrons. The van der Waals surface area contributed by atoms with Crippen LogP contribution in [-0.2, 0) is 12.7 Å². The minimum Gasteiger partial charge on any atom is -0.496 e. The summed E-state index contributed by atoms with van der Waals surface area (Å²) in [5, 5.41) is 0.805. The average molecular weight is 746 g/mol. The number of para-hydroxylation sites is 2. The number of ether oxygens (including phenoxy) is 2. The number of aromatic amines is 1. The summed E-state index contributed by atoms with van der Waals surface area (Å²) in [6.07, 6.45) is -1.71. The molecule has 3 aromatic heterocycles. The third-order valence-corrected chi connectivity index (χ3v) is 9.01. The predicted molar refractivity (Wildman–Crippen MR) is 203 cm³/mol. The van der Waals surface area contributed by atoms with Crippen LogP contribution in [0.4, 0.5) is 13.2 Å². The number of carbonyl (C=O) groups excluding carboxylic acids is 2. The first-order valence-corrected chi connectivity index (χ1v) is 16.9. The molecule has 3 heterocycles. The Labute approximate surface area is 312 Å². The van der Waals surface area contributed by atoms with Crippen LogP contribution >= 0.6 is 0 Å². The second-order valence-electron chi connectivity index (χ2n) is 12.6. The van der Waals surface area contributed by atoms with E-state index in [-0.39, 0.29) is 34.6 Å². The zero-order valence-electron chi connectivity index (χ0n) is 30.2. The Balaban J connectivity index is 0.000000203. The van der Waals surface area contributed by atoms with Crippen LogP contribution in [0.3, 0.4) is 0 Å². The van der Waals surface area contributed by atoms with Crippen LogP contribution in [0.2, 0.25) is 0 Å². The number of alkyl halides is 3.